The number of thiophene rings is 1. The van der Waals surface area contributed by atoms with Crippen LogP contribution in [0.5, 0.6) is 0 Å². The topological polar surface area (TPSA) is 71.1 Å². The maximum Gasteiger partial charge on any atom is 0.263 e. The molecule has 2 aromatic rings. The molecule has 0 fully saturated rings. The highest BCUT2D eigenvalue weighted by molar-refractivity contribution is 7.93. The highest BCUT2D eigenvalue weighted by Crippen LogP contribution is 2.24. The minimum absolute atomic E-state index is 0.324. The van der Waals surface area contributed by atoms with Crippen LogP contribution in [0.15, 0.2) is 34.8 Å². The summed E-state index contributed by atoms with van der Waals surface area (Å²) in [5.74, 6) is 0. The maximum atomic E-state index is 12.4. The van der Waals surface area contributed by atoms with Gasteiger partial charge in [0, 0.05) is 17.6 Å². The van der Waals surface area contributed by atoms with Crippen molar-refractivity contribution in [3.63, 3.8) is 0 Å². The number of hydrogen-bond donors (Lipinski definition) is 2. The van der Waals surface area contributed by atoms with Gasteiger partial charge in [-0.3, -0.25) is 9.71 Å². The minimum Gasteiger partial charge on any atom is -0.312 e. The van der Waals surface area contributed by atoms with E-state index in [0.717, 1.165) is 17.0 Å². The van der Waals surface area contributed by atoms with Gasteiger partial charge in [0.1, 0.15) is 4.90 Å². The van der Waals surface area contributed by atoms with Crippen LogP contribution in [0.2, 0.25) is 0 Å². The fraction of sp³-hybridized carbons (Fsp3) is 0.308. The molecule has 0 bridgehead atoms. The normalized spacial score (nSPS) is 11.5. The number of sulfonamides is 1. The number of anilines is 1. The average Bonchev–Trinajstić information content (AvgIpc) is 2.85. The molecule has 0 aliphatic carbocycles. The molecule has 0 amide bonds. The SMILES string of the molecule is CCNCc1sccc1S(=O)(=O)Nc1cncc(C)c1. The summed E-state index contributed by atoms with van der Waals surface area (Å²) in [7, 11) is -3.57. The summed E-state index contributed by atoms with van der Waals surface area (Å²) in [6, 6.07) is 3.38. The second-order valence-electron chi connectivity index (χ2n) is 4.34. The van der Waals surface area contributed by atoms with Crippen molar-refractivity contribution in [1.82, 2.24) is 10.3 Å². The lowest BCUT2D eigenvalue weighted by atomic mass is 10.3. The number of rotatable bonds is 6. The molecule has 0 atom stereocenters. The Morgan fingerprint density at radius 1 is 1.35 bits per heavy atom. The van der Waals surface area contributed by atoms with Gasteiger partial charge >= 0.3 is 0 Å². The van der Waals surface area contributed by atoms with Crippen molar-refractivity contribution in [3.8, 4) is 0 Å². The Morgan fingerprint density at radius 2 is 2.15 bits per heavy atom. The zero-order valence-electron chi connectivity index (χ0n) is 11.4. The Morgan fingerprint density at radius 3 is 2.85 bits per heavy atom. The average molecular weight is 311 g/mol. The highest BCUT2D eigenvalue weighted by atomic mass is 32.2. The second-order valence-corrected chi connectivity index (χ2v) is 7.00. The minimum atomic E-state index is -3.57. The summed E-state index contributed by atoms with van der Waals surface area (Å²) in [6.07, 6.45) is 3.18. The first-order valence-corrected chi connectivity index (χ1v) is 8.61. The van der Waals surface area contributed by atoms with Gasteiger partial charge in [-0.05, 0) is 36.5 Å². The van der Waals surface area contributed by atoms with E-state index in [0.29, 0.717) is 17.1 Å². The van der Waals surface area contributed by atoms with Crippen LogP contribution in [-0.2, 0) is 16.6 Å². The molecule has 2 heterocycles. The Labute approximate surface area is 123 Å². The van der Waals surface area contributed by atoms with Crippen LogP contribution in [0.1, 0.15) is 17.4 Å². The number of nitrogens with zero attached hydrogens (tertiary/aromatic N) is 1. The van der Waals surface area contributed by atoms with Crippen molar-refractivity contribution < 1.29 is 8.42 Å². The maximum absolute atomic E-state index is 12.4. The van der Waals surface area contributed by atoms with Gasteiger partial charge in [-0.15, -0.1) is 11.3 Å². The molecule has 20 heavy (non-hydrogen) atoms. The predicted molar refractivity (Wildman–Crippen MR) is 81.5 cm³/mol. The molecular weight excluding hydrogens is 294 g/mol. The number of nitrogens with one attached hydrogen (secondary N) is 2. The van der Waals surface area contributed by atoms with Gasteiger partial charge in [-0.25, -0.2) is 8.42 Å². The van der Waals surface area contributed by atoms with Crippen molar-refractivity contribution in [2.45, 2.75) is 25.3 Å². The molecule has 0 aliphatic rings. The van der Waals surface area contributed by atoms with E-state index in [2.05, 4.69) is 15.0 Å². The molecule has 5 nitrogen and oxygen atoms in total. The zero-order chi connectivity index (χ0) is 14.6. The van der Waals surface area contributed by atoms with Crippen molar-refractivity contribution in [2.75, 3.05) is 11.3 Å². The molecular formula is C13H17N3O2S2. The van der Waals surface area contributed by atoms with Crippen LogP contribution in [0, 0.1) is 6.92 Å². The molecule has 0 saturated carbocycles. The number of aryl methyl sites for hydroxylation is 1. The number of pyridine rings is 1. The first-order valence-electron chi connectivity index (χ1n) is 6.24. The number of hydrogen-bond acceptors (Lipinski definition) is 5. The molecule has 7 heteroatoms. The molecule has 0 aliphatic heterocycles. The van der Waals surface area contributed by atoms with Crippen LogP contribution in [0.25, 0.3) is 0 Å². The van der Waals surface area contributed by atoms with Crippen molar-refractivity contribution in [2.24, 2.45) is 0 Å². The van der Waals surface area contributed by atoms with E-state index >= 15 is 0 Å². The molecule has 2 aromatic heterocycles. The van der Waals surface area contributed by atoms with Crippen molar-refractivity contribution >= 4 is 27.0 Å². The van der Waals surface area contributed by atoms with Crippen LogP contribution < -0.4 is 10.0 Å². The molecule has 0 aromatic carbocycles. The van der Waals surface area contributed by atoms with Gasteiger partial charge in [0.15, 0.2) is 0 Å². The standard InChI is InChI=1S/C13H17N3O2S2/c1-3-14-9-12-13(4-5-19-12)20(17,18)16-11-6-10(2)7-15-8-11/h4-8,14,16H,3,9H2,1-2H3. The summed E-state index contributed by atoms with van der Waals surface area (Å²) in [6.45, 7) is 5.20. The lowest BCUT2D eigenvalue weighted by Crippen LogP contribution is -2.17. The van der Waals surface area contributed by atoms with Crippen molar-refractivity contribution in [1.29, 1.82) is 0 Å². The van der Waals surface area contributed by atoms with E-state index in [-0.39, 0.29) is 0 Å². The summed E-state index contributed by atoms with van der Waals surface area (Å²) in [4.78, 5) is 5.11. The molecule has 0 saturated heterocycles. The smallest absolute Gasteiger partial charge is 0.263 e. The van der Waals surface area contributed by atoms with Gasteiger partial charge in [0.2, 0.25) is 0 Å². The summed E-state index contributed by atoms with van der Waals surface area (Å²) >= 11 is 1.43. The summed E-state index contributed by atoms with van der Waals surface area (Å²) in [5, 5.41) is 4.93. The predicted octanol–water partition coefficient (Wildman–Crippen LogP) is 2.36. The Balaban J connectivity index is 2.24. The lowest BCUT2D eigenvalue weighted by molar-refractivity contribution is 0.599. The quantitative estimate of drug-likeness (QED) is 0.859. The van der Waals surface area contributed by atoms with Gasteiger partial charge in [-0.1, -0.05) is 6.92 Å². The second kappa shape index (κ2) is 6.34. The first kappa shape index (κ1) is 15.0. The van der Waals surface area contributed by atoms with E-state index in [1.165, 1.54) is 17.5 Å². The Kier molecular flexibility index (Phi) is 4.74. The third-order valence-corrected chi connectivity index (χ3v) is 5.17. The van der Waals surface area contributed by atoms with Crippen LogP contribution >= 0.6 is 11.3 Å². The Bertz CT molecular complexity index is 680. The summed E-state index contributed by atoms with van der Waals surface area (Å²) in [5.41, 5.74) is 1.38. The largest absolute Gasteiger partial charge is 0.312 e. The molecule has 108 valence electrons. The van der Waals surface area contributed by atoms with E-state index in [9.17, 15) is 8.42 Å². The van der Waals surface area contributed by atoms with E-state index < -0.39 is 10.0 Å². The third-order valence-electron chi connectivity index (χ3n) is 2.66. The van der Waals surface area contributed by atoms with Crippen LogP contribution in [0.3, 0.4) is 0 Å². The molecule has 2 rings (SSSR count). The van der Waals surface area contributed by atoms with Crippen LogP contribution in [0.4, 0.5) is 5.69 Å². The van der Waals surface area contributed by atoms with E-state index in [1.54, 1.807) is 23.7 Å². The monoisotopic (exact) mass is 311 g/mol. The van der Waals surface area contributed by atoms with Gasteiger partial charge in [0.05, 0.1) is 11.9 Å². The molecule has 0 unspecified atom stereocenters. The fourth-order valence-electron chi connectivity index (χ4n) is 1.76. The first-order chi connectivity index (χ1) is 9.53. The molecule has 0 spiro atoms. The highest BCUT2D eigenvalue weighted by Gasteiger charge is 2.19. The van der Waals surface area contributed by atoms with E-state index in [1.807, 2.05) is 13.8 Å². The zero-order valence-corrected chi connectivity index (χ0v) is 13.0. The van der Waals surface area contributed by atoms with Crippen molar-refractivity contribution in [3.05, 3.63) is 40.3 Å². The van der Waals surface area contributed by atoms with Gasteiger partial charge < -0.3 is 5.32 Å². The summed E-state index contributed by atoms with van der Waals surface area (Å²) < 4.78 is 27.4. The molecule has 0 radical (unpaired) electrons. The van der Waals surface area contributed by atoms with Crippen LogP contribution in [-0.4, -0.2) is 19.9 Å². The molecule has 2 N–H and O–H groups in total. The Hall–Kier alpha value is -1.44. The van der Waals surface area contributed by atoms with Gasteiger partial charge in [-0.2, -0.15) is 0 Å². The third kappa shape index (κ3) is 3.56. The van der Waals surface area contributed by atoms with Gasteiger partial charge in [0.25, 0.3) is 10.0 Å². The lowest BCUT2D eigenvalue weighted by Gasteiger charge is -2.09. The van der Waals surface area contributed by atoms with E-state index in [4.69, 9.17) is 0 Å². The fourth-order valence-corrected chi connectivity index (χ4v) is 4.21. The number of aromatic nitrogens is 1.